The molecule has 0 aromatic heterocycles. The van der Waals surface area contributed by atoms with Gasteiger partial charge in [-0.15, -0.1) is 0 Å². The van der Waals surface area contributed by atoms with E-state index in [1.807, 2.05) is 0 Å². The Kier molecular flexibility index (Phi) is 6.53. The average Bonchev–Trinajstić information content (AvgIpc) is 3.43. The molecule has 0 unspecified atom stereocenters. The molecular formula is C54H48N2. The molecule has 0 N–H and O–H groups in total. The number of anilines is 6. The van der Waals surface area contributed by atoms with Gasteiger partial charge in [0.1, 0.15) is 0 Å². The van der Waals surface area contributed by atoms with E-state index in [4.69, 9.17) is 0 Å². The Morgan fingerprint density at radius 1 is 0.321 bits per heavy atom. The maximum Gasteiger partial charge on any atom is 0.0545 e. The minimum Gasteiger partial charge on any atom is -0.310 e. The standard InChI is InChI=1S/C54H48N2/c1-51(2)40-23-16-15-22-38(40)39-27-26-36(30-43(39)51)55(35-20-13-10-14-21-35)37-31-46-50-47(32-37)54(7,8)45-29-34(33-18-11-9-12-19-33)28-44-49(45)56(50)48-41(52(44,3)4)24-17-25-42(48)53(46,5)6/h9-32H,1-8H3. The molecule has 1 aliphatic carbocycles. The highest BCUT2D eigenvalue weighted by Crippen LogP contribution is 2.67. The number of para-hydroxylation sites is 2. The molecule has 7 aromatic rings. The van der Waals surface area contributed by atoms with E-state index in [9.17, 15) is 0 Å². The summed E-state index contributed by atoms with van der Waals surface area (Å²) in [6, 6.07) is 55.2. The van der Waals surface area contributed by atoms with Gasteiger partial charge in [0, 0.05) is 38.7 Å². The van der Waals surface area contributed by atoms with Crippen LogP contribution < -0.4 is 9.80 Å². The second-order valence-electron chi connectivity index (χ2n) is 18.7. The fourth-order valence-corrected chi connectivity index (χ4v) is 11.0. The molecular weight excluding hydrogens is 677 g/mol. The van der Waals surface area contributed by atoms with Gasteiger partial charge < -0.3 is 9.80 Å². The Hall–Kier alpha value is -5.86. The first-order chi connectivity index (χ1) is 26.8. The van der Waals surface area contributed by atoms with Gasteiger partial charge in [0.05, 0.1) is 17.1 Å². The molecule has 0 atom stereocenters. The van der Waals surface area contributed by atoms with E-state index in [-0.39, 0.29) is 21.7 Å². The van der Waals surface area contributed by atoms with Gasteiger partial charge in [-0.3, -0.25) is 0 Å². The lowest BCUT2D eigenvalue weighted by atomic mass is 9.60. The summed E-state index contributed by atoms with van der Waals surface area (Å²) in [6.45, 7) is 19.5. The number of benzene rings is 7. The van der Waals surface area contributed by atoms with E-state index in [1.165, 1.54) is 95.2 Å². The van der Waals surface area contributed by atoms with Crippen LogP contribution in [0, 0.1) is 0 Å². The van der Waals surface area contributed by atoms with Gasteiger partial charge in [-0.2, -0.15) is 0 Å². The van der Waals surface area contributed by atoms with Crippen molar-refractivity contribution >= 4 is 34.1 Å². The summed E-state index contributed by atoms with van der Waals surface area (Å²) >= 11 is 0. The van der Waals surface area contributed by atoms with Gasteiger partial charge in [-0.1, -0.05) is 152 Å². The molecule has 0 saturated heterocycles. The van der Waals surface area contributed by atoms with Crippen molar-refractivity contribution in [3.63, 3.8) is 0 Å². The molecule has 3 aliphatic heterocycles. The second-order valence-corrected chi connectivity index (χ2v) is 18.7. The van der Waals surface area contributed by atoms with Crippen molar-refractivity contribution in [2.24, 2.45) is 0 Å². The molecule has 274 valence electrons. The lowest BCUT2D eigenvalue weighted by molar-refractivity contribution is 0.567. The molecule has 0 saturated carbocycles. The van der Waals surface area contributed by atoms with Gasteiger partial charge in [-0.25, -0.2) is 0 Å². The normalized spacial score (nSPS) is 17.5. The summed E-state index contributed by atoms with van der Waals surface area (Å²) in [5, 5.41) is 0. The first kappa shape index (κ1) is 33.5. The molecule has 0 radical (unpaired) electrons. The minimum absolute atomic E-state index is 0.0997. The summed E-state index contributed by atoms with van der Waals surface area (Å²) in [5.74, 6) is 0. The molecule has 0 spiro atoms. The highest BCUT2D eigenvalue weighted by atomic mass is 15.2. The monoisotopic (exact) mass is 724 g/mol. The van der Waals surface area contributed by atoms with Crippen LogP contribution in [0.1, 0.15) is 99.9 Å². The van der Waals surface area contributed by atoms with Crippen LogP contribution in [0.4, 0.5) is 34.1 Å². The van der Waals surface area contributed by atoms with Gasteiger partial charge >= 0.3 is 0 Å². The fourth-order valence-electron chi connectivity index (χ4n) is 11.0. The summed E-state index contributed by atoms with van der Waals surface area (Å²) in [7, 11) is 0. The SMILES string of the molecule is CC1(C)c2ccccc2-c2ccc(N(c3ccccc3)c3cc4c5c(c3)C(C)(C)c3cc(-c6ccccc6)cc6c3N5c3c(cccc3C4(C)C)C6(C)C)cc21. The average molecular weight is 725 g/mol. The van der Waals surface area contributed by atoms with Crippen molar-refractivity contribution in [2.45, 2.75) is 77.0 Å². The summed E-state index contributed by atoms with van der Waals surface area (Å²) in [4.78, 5) is 5.19. The lowest BCUT2D eigenvalue weighted by Crippen LogP contribution is -2.43. The van der Waals surface area contributed by atoms with E-state index in [0.717, 1.165) is 5.69 Å². The number of nitrogens with zero attached hydrogens (tertiary/aromatic N) is 2. The summed E-state index contributed by atoms with van der Waals surface area (Å²) < 4.78 is 0. The zero-order chi connectivity index (χ0) is 38.5. The van der Waals surface area contributed by atoms with Gasteiger partial charge in [-0.05, 0) is 115 Å². The first-order valence-corrected chi connectivity index (χ1v) is 20.3. The van der Waals surface area contributed by atoms with E-state index in [2.05, 4.69) is 211 Å². The number of rotatable bonds is 4. The lowest BCUT2D eigenvalue weighted by Gasteiger charge is -2.55. The maximum atomic E-state index is 2.68. The molecule has 7 aromatic carbocycles. The third-order valence-electron chi connectivity index (χ3n) is 14.2. The maximum absolute atomic E-state index is 2.68. The molecule has 2 nitrogen and oxygen atoms in total. The van der Waals surface area contributed by atoms with Gasteiger partial charge in [0.2, 0.25) is 0 Å². The van der Waals surface area contributed by atoms with Crippen LogP contribution in [0.2, 0.25) is 0 Å². The largest absolute Gasteiger partial charge is 0.310 e. The summed E-state index contributed by atoms with van der Waals surface area (Å²) in [5.41, 5.74) is 23.2. The van der Waals surface area contributed by atoms with Crippen molar-refractivity contribution in [1.82, 2.24) is 0 Å². The number of fused-ring (bicyclic) bond motifs is 3. The van der Waals surface area contributed by atoms with Crippen molar-refractivity contribution < 1.29 is 0 Å². The van der Waals surface area contributed by atoms with Crippen molar-refractivity contribution in [1.29, 1.82) is 0 Å². The molecule has 4 aliphatic rings. The minimum atomic E-state index is -0.286. The first-order valence-electron chi connectivity index (χ1n) is 20.3. The molecule has 2 heteroatoms. The second kappa shape index (κ2) is 10.9. The smallest absolute Gasteiger partial charge is 0.0545 e. The van der Waals surface area contributed by atoms with E-state index in [1.54, 1.807) is 0 Å². The fraction of sp³-hybridized carbons (Fsp3) is 0.222. The molecule has 11 rings (SSSR count). The number of hydrogen-bond acceptors (Lipinski definition) is 2. The Balaban J connectivity index is 1.20. The van der Waals surface area contributed by atoms with Crippen LogP contribution in [0.3, 0.4) is 0 Å². The van der Waals surface area contributed by atoms with Crippen molar-refractivity contribution in [3.8, 4) is 22.3 Å². The van der Waals surface area contributed by atoms with E-state index in [0.29, 0.717) is 0 Å². The predicted octanol–water partition coefficient (Wildman–Crippen LogP) is 14.5. The molecule has 0 fully saturated rings. The van der Waals surface area contributed by atoms with Crippen LogP contribution in [0.15, 0.2) is 146 Å². The molecule has 56 heavy (non-hydrogen) atoms. The van der Waals surface area contributed by atoms with Gasteiger partial charge in [0.25, 0.3) is 0 Å². The van der Waals surface area contributed by atoms with Crippen molar-refractivity contribution in [2.75, 3.05) is 9.80 Å². The van der Waals surface area contributed by atoms with Crippen molar-refractivity contribution in [3.05, 3.63) is 190 Å². The van der Waals surface area contributed by atoms with Crippen LogP contribution >= 0.6 is 0 Å². The Morgan fingerprint density at radius 2 is 0.768 bits per heavy atom. The quantitative estimate of drug-likeness (QED) is 0.178. The predicted molar refractivity (Wildman–Crippen MR) is 235 cm³/mol. The topological polar surface area (TPSA) is 6.48 Å². The Bertz CT molecular complexity index is 2800. The highest BCUT2D eigenvalue weighted by molar-refractivity contribution is 6.00. The third kappa shape index (κ3) is 4.17. The summed E-state index contributed by atoms with van der Waals surface area (Å²) in [6.07, 6.45) is 0. The van der Waals surface area contributed by atoms with E-state index >= 15 is 0 Å². The highest BCUT2D eigenvalue weighted by Gasteiger charge is 2.52. The zero-order valence-electron chi connectivity index (χ0n) is 33.8. The number of hydrogen-bond donors (Lipinski definition) is 0. The molecule has 0 bridgehead atoms. The Labute approximate surface area is 332 Å². The third-order valence-corrected chi connectivity index (χ3v) is 14.2. The van der Waals surface area contributed by atoms with Gasteiger partial charge in [0.15, 0.2) is 0 Å². The Morgan fingerprint density at radius 3 is 1.39 bits per heavy atom. The molecule has 0 amide bonds. The van der Waals surface area contributed by atoms with Crippen LogP contribution in [0.5, 0.6) is 0 Å². The van der Waals surface area contributed by atoms with Crippen LogP contribution in [-0.2, 0) is 21.7 Å². The van der Waals surface area contributed by atoms with Crippen LogP contribution in [0.25, 0.3) is 22.3 Å². The van der Waals surface area contributed by atoms with E-state index < -0.39 is 0 Å². The van der Waals surface area contributed by atoms with Crippen LogP contribution in [-0.4, -0.2) is 0 Å². The zero-order valence-corrected chi connectivity index (χ0v) is 33.8. The molecule has 3 heterocycles.